The Bertz CT molecular complexity index is 1190. The predicted octanol–water partition coefficient (Wildman–Crippen LogP) is 0.515. The molecule has 0 spiro atoms. The van der Waals surface area contributed by atoms with E-state index in [2.05, 4.69) is 25.3 Å². The van der Waals surface area contributed by atoms with Crippen molar-refractivity contribution in [3.8, 4) is 0 Å². The van der Waals surface area contributed by atoms with Gasteiger partial charge in [0.1, 0.15) is 17.5 Å². The second kappa shape index (κ2) is 11.7. The van der Waals surface area contributed by atoms with Gasteiger partial charge in [0.05, 0.1) is 38.6 Å². The number of hydrogen-bond acceptors (Lipinski definition) is 9. The van der Waals surface area contributed by atoms with E-state index in [4.69, 9.17) is 4.74 Å². The van der Waals surface area contributed by atoms with E-state index in [1.165, 1.54) is 35.5 Å². The summed E-state index contributed by atoms with van der Waals surface area (Å²) in [6, 6.07) is 2.07. The van der Waals surface area contributed by atoms with Crippen molar-refractivity contribution in [2.45, 2.75) is 6.10 Å². The van der Waals surface area contributed by atoms with E-state index in [1.54, 1.807) is 0 Å². The molecule has 38 heavy (non-hydrogen) atoms. The van der Waals surface area contributed by atoms with Crippen molar-refractivity contribution in [2.24, 2.45) is 0 Å². The van der Waals surface area contributed by atoms with Gasteiger partial charge < -0.3 is 29.9 Å². The summed E-state index contributed by atoms with van der Waals surface area (Å²) in [7, 11) is 1.19. The molecular weight excluding hydrogens is 508 g/mol. The fourth-order valence-electron chi connectivity index (χ4n) is 4.07. The molecule has 3 heterocycles. The summed E-state index contributed by atoms with van der Waals surface area (Å²) in [5.74, 6) is -2.64. The normalized spacial score (nSPS) is 17.2. The number of carbonyl (C=O) groups excluding carboxylic acids is 4. The molecule has 4 amide bonds. The van der Waals surface area contributed by atoms with Crippen molar-refractivity contribution in [3.05, 3.63) is 48.1 Å². The summed E-state index contributed by atoms with van der Waals surface area (Å²) < 4.78 is 39.6. The van der Waals surface area contributed by atoms with Gasteiger partial charge in [-0.05, 0) is 0 Å². The number of hydrogen-bond donors (Lipinski definition) is 2. The van der Waals surface area contributed by atoms with Crippen molar-refractivity contribution in [3.63, 3.8) is 0 Å². The zero-order valence-electron chi connectivity index (χ0n) is 20.4. The van der Waals surface area contributed by atoms with Gasteiger partial charge in [-0.3, -0.25) is 19.5 Å². The van der Waals surface area contributed by atoms with E-state index in [9.17, 15) is 19.2 Å². The van der Waals surface area contributed by atoms with Crippen LogP contribution in [0.1, 0.15) is 10.5 Å². The lowest BCUT2D eigenvalue weighted by Gasteiger charge is -2.36. The maximum absolute atomic E-state index is 15.0. The number of halogens is 2. The first-order valence-corrected chi connectivity index (χ1v) is 11.6. The Labute approximate surface area is 215 Å². The number of nitrogens with one attached hydrogen (secondary N) is 2. The third-order valence-corrected chi connectivity index (χ3v) is 5.99. The molecule has 1 aromatic heterocycles. The van der Waals surface area contributed by atoms with E-state index >= 15 is 8.78 Å². The Balaban J connectivity index is 1.32. The molecule has 13 nitrogen and oxygen atoms in total. The van der Waals surface area contributed by atoms with Crippen LogP contribution in [-0.4, -0.2) is 97.9 Å². The number of cyclic esters (lactones) is 1. The number of ether oxygens (including phenoxy) is 2. The molecule has 0 saturated carbocycles. The summed E-state index contributed by atoms with van der Waals surface area (Å²) in [6.07, 6.45) is 1.84. The lowest BCUT2D eigenvalue weighted by atomic mass is 10.2. The van der Waals surface area contributed by atoms with Crippen LogP contribution in [0, 0.1) is 11.6 Å². The first-order chi connectivity index (χ1) is 18.3. The fourth-order valence-corrected chi connectivity index (χ4v) is 4.07. The molecule has 2 aliphatic heterocycles. The molecule has 1 unspecified atom stereocenters. The Morgan fingerprint density at radius 2 is 1.82 bits per heavy atom. The Morgan fingerprint density at radius 1 is 1.11 bits per heavy atom. The number of methoxy groups -OCH3 is 1. The van der Waals surface area contributed by atoms with Crippen molar-refractivity contribution >= 4 is 35.4 Å². The molecule has 4 rings (SSSR count). The van der Waals surface area contributed by atoms with E-state index < -0.39 is 35.8 Å². The number of benzene rings is 1. The molecule has 0 bridgehead atoms. The quantitative estimate of drug-likeness (QED) is 0.520. The lowest BCUT2D eigenvalue weighted by Crippen LogP contribution is -2.51. The maximum Gasteiger partial charge on any atom is 0.414 e. The Morgan fingerprint density at radius 3 is 2.45 bits per heavy atom. The molecular formula is C23H25F2N7O6. The Kier molecular flexibility index (Phi) is 8.13. The largest absolute Gasteiger partial charge is 0.453 e. The van der Waals surface area contributed by atoms with E-state index in [0.29, 0.717) is 0 Å². The standard InChI is InChI=1S/C23H25F2N7O6/c1-37-22(35)29-10-15-13-32(23(36)38-15)14-8-16(24)20(17(25)9-14)31-6-4-30(5-7-31)19(33)12-28-21(34)18-11-26-2-3-27-18/h2-3,8-9,11,15H,4-7,10,12-13H2,1H3,(H,28,34)(H,29,35). The number of alkyl carbamates (subject to hydrolysis) is 1. The predicted molar refractivity (Wildman–Crippen MR) is 128 cm³/mol. The van der Waals surface area contributed by atoms with Crippen LogP contribution in [0.5, 0.6) is 0 Å². The number of rotatable bonds is 7. The highest BCUT2D eigenvalue weighted by Crippen LogP contribution is 2.31. The molecule has 2 N–H and O–H groups in total. The molecule has 2 aromatic rings. The molecule has 2 saturated heterocycles. The maximum atomic E-state index is 15.0. The van der Waals surface area contributed by atoms with Gasteiger partial charge in [0.25, 0.3) is 5.91 Å². The molecule has 2 aliphatic rings. The zero-order chi connectivity index (χ0) is 27.2. The minimum atomic E-state index is -0.875. The third-order valence-electron chi connectivity index (χ3n) is 5.99. The summed E-state index contributed by atoms with van der Waals surface area (Å²) in [4.78, 5) is 59.7. The van der Waals surface area contributed by atoms with Gasteiger partial charge in [0, 0.05) is 50.7 Å². The molecule has 1 atom stereocenters. The molecule has 0 aliphatic carbocycles. The lowest BCUT2D eigenvalue weighted by molar-refractivity contribution is -0.130. The van der Waals surface area contributed by atoms with Gasteiger partial charge >= 0.3 is 12.2 Å². The highest BCUT2D eigenvalue weighted by atomic mass is 19.1. The summed E-state index contributed by atoms with van der Waals surface area (Å²) in [6.45, 7) is 0.394. The average molecular weight is 533 g/mol. The number of amides is 4. The monoisotopic (exact) mass is 533 g/mol. The van der Waals surface area contributed by atoms with Crippen LogP contribution in [0.3, 0.4) is 0 Å². The van der Waals surface area contributed by atoms with Gasteiger partial charge in [-0.1, -0.05) is 0 Å². The minimum absolute atomic E-state index is 0.0186. The SMILES string of the molecule is COC(=O)NCC1CN(c2cc(F)c(N3CCN(C(=O)CNC(=O)c4cnccn4)CC3)c(F)c2)C(=O)O1. The van der Waals surface area contributed by atoms with Crippen LogP contribution >= 0.6 is 0 Å². The second-order valence-electron chi connectivity index (χ2n) is 8.39. The molecule has 0 radical (unpaired) electrons. The third kappa shape index (κ3) is 6.04. The van der Waals surface area contributed by atoms with Crippen LogP contribution in [-0.2, 0) is 14.3 Å². The van der Waals surface area contributed by atoms with Crippen LogP contribution < -0.4 is 20.4 Å². The van der Waals surface area contributed by atoms with Crippen LogP contribution in [0.15, 0.2) is 30.7 Å². The smallest absolute Gasteiger partial charge is 0.414 e. The van der Waals surface area contributed by atoms with Crippen LogP contribution in [0.4, 0.5) is 29.7 Å². The van der Waals surface area contributed by atoms with Crippen molar-refractivity contribution < 1.29 is 37.4 Å². The number of carbonyl (C=O) groups is 4. The second-order valence-corrected chi connectivity index (χ2v) is 8.39. The van der Waals surface area contributed by atoms with Crippen molar-refractivity contribution in [1.82, 2.24) is 25.5 Å². The zero-order valence-corrected chi connectivity index (χ0v) is 20.4. The van der Waals surface area contributed by atoms with Crippen LogP contribution in [0.25, 0.3) is 0 Å². The minimum Gasteiger partial charge on any atom is -0.453 e. The van der Waals surface area contributed by atoms with Crippen molar-refractivity contribution in [1.29, 1.82) is 0 Å². The fraction of sp³-hybridized carbons (Fsp3) is 0.391. The first-order valence-electron chi connectivity index (χ1n) is 11.6. The molecule has 2 fully saturated rings. The highest BCUT2D eigenvalue weighted by Gasteiger charge is 2.34. The number of aromatic nitrogens is 2. The summed E-state index contributed by atoms with van der Waals surface area (Å²) in [5.41, 5.74) is -0.217. The van der Waals surface area contributed by atoms with Gasteiger partial charge in [-0.15, -0.1) is 0 Å². The van der Waals surface area contributed by atoms with Gasteiger partial charge in [-0.25, -0.2) is 23.4 Å². The number of anilines is 2. The molecule has 1 aromatic carbocycles. The Hall–Kier alpha value is -4.56. The molecule has 15 heteroatoms. The number of nitrogens with zero attached hydrogens (tertiary/aromatic N) is 5. The first kappa shape index (κ1) is 26.5. The van der Waals surface area contributed by atoms with Gasteiger partial charge in [0.2, 0.25) is 5.91 Å². The van der Waals surface area contributed by atoms with E-state index in [-0.39, 0.29) is 68.8 Å². The van der Waals surface area contributed by atoms with Crippen molar-refractivity contribution in [2.75, 3.05) is 62.7 Å². The van der Waals surface area contributed by atoms with Gasteiger partial charge in [-0.2, -0.15) is 0 Å². The summed E-state index contributed by atoms with van der Waals surface area (Å²) in [5, 5.41) is 4.88. The molecule has 202 valence electrons. The highest BCUT2D eigenvalue weighted by molar-refractivity contribution is 5.94. The van der Waals surface area contributed by atoms with Gasteiger partial charge in [0.15, 0.2) is 11.6 Å². The van der Waals surface area contributed by atoms with E-state index in [1.807, 2.05) is 0 Å². The topological polar surface area (TPSA) is 146 Å². The summed E-state index contributed by atoms with van der Waals surface area (Å²) >= 11 is 0. The number of piperazine rings is 1. The van der Waals surface area contributed by atoms with E-state index in [0.717, 1.165) is 17.0 Å². The van der Waals surface area contributed by atoms with Crippen LogP contribution in [0.2, 0.25) is 0 Å². The average Bonchev–Trinajstić information content (AvgIpc) is 3.30.